The fourth-order valence-electron chi connectivity index (χ4n) is 2.11. The summed E-state index contributed by atoms with van der Waals surface area (Å²) in [5, 5.41) is 0. The summed E-state index contributed by atoms with van der Waals surface area (Å²) >= 11 is 0. The van der Waals surface area contributed by atoms with E-state index in [1.54, 1.807) is 24.3 Å². The van der Waals surface area contributed by atoms with Crippen molar-refractivity contribution in [3.8, 4) is 5.75 Å². The highest BCUT2D eigenvalue weighted by Crippen LogP contribution is 2.35. The molecule has 0 atom stereocenters. The van der Waals surface area contributed by atoms with Crippen molar-refractivity contribution in [2.24, 2.45) is 5.73 Å². The van der Waals surface area contributed by atoms with Gasteiger partial charge in [0.05, 0.1) is 7.11 Å². The maximum Gasteiger partial charge on any atom is 0.247 e. The molecular weight excluding hydrogens is 276 g/mol. The molecule has 0 radical (unpaired) electrons. The van der Waals surface area contributed by atoms with E-state index in [4.69, 9.17) is 10.5 Å². The molecule has 0 saturated heterocycles. The Hall–Kier alpha value is -1.37. The third kappa shape index (κ3) is 2.87. The number of sulfonamides is 1. The molecule has 0 unspecified atom stereocenters. The van der Waals surface area contributed by atoms with Crippen LogP contribution in [0.5, 0.6) is 5.75 Å². The highest BCUT2D eigenvalue weighted by molar-refractivity contribution is 7.89. The van der Waals surface area contributed by atoms with Gasteiger partial charge in [0.2, 0.25) is 10.0 Å². The molecule has 1 aliphatic carbocycles. The second-order valence-corrected chi connectivity index (χ2v) is 6.64. The Bertz CT molecular complexity index is 594. The van der Waals surface area contributed by atoms with Crippen LogP contribution in [0.1, 0.15) is 18.4 Å². The number of benzene rings is 1. The van der Waals surface area contributed by atoms with E-state index in [0.29, 0.717) is 12.3 Å². The molecule has 6 heteroatoms. The number of nitrogens with zero attached hydrogens (tertiary/aromatic N) is 1. The predicted octanol–water partition coefficient (Wildman–Crippen LogP) is 1.49. The second kappa shape index (κ2) is 5.95. The summed E-state index contributed by atoms with van der Waals surface area (Å²) in [6.07, 6.45) is 3.40. The molecule has 0 aliphatic heterocycles. The van der Waals surface area contributed by atoms with Gasteiger partial charge in [-0.05, 0) is 30.5 Å². The van der Waals surface area contributed by atoms with E-state index in [2.05, 4.69) is 6.58 Å². The summed E-state index contributed by atoms with van der Waals surface area (Å²) in [7, 11) is -2.13. The van der Waals surface area contributed by atoms with Gasteiger partial charge in [-0.1, -0.05) is 12.1 Å². The van der Waals surface area contributed by atoms with Gasteiger partial charge in [-0.25, -0.2) is 8.42 Å². The summed E-state index contributed by atoms with van der Waals surface area (Å²) in [6.45, 7) is 4.23. The summed E-state index contributed by atoms with van der Waals surface area (Å²) < 4.78 is 32.3. The Morgan fingerprint density at radius 3 is 2.70 bits per heavy atom. The molecule has 1 aromatic rings. The summed E-state index contributed by atoms with van der Waals surface area (Å²) in [6, 6.07) is 5.08. The number of hydrogen-bond donors (Lipinski definition) is 1. The maximum absolute atomic E-state index is 12.8. The molecule has 2 N–H and O–H groups in total. The predicted molar refractivity (Wildman–Crippen MR) is 78.0 cm³/mol. The van der Waals surface area contributed by atoms with Crippen molar-refractivity contribution in [1.29, 1.82) is 0 Å². The van der Waals surface area contributed by atoms with E-state index in [1.165, 1.54) is 11.4 Å². The Kier molecular flexibility index (Phi) is 4.47. The lowest BCUT2D eigenvalue weighted by molar-refractivity contribution is 0.393. The van der Waals surface area contributed by atoms with Crippen LogP contribution in [-0.2, 0) is 16.6 Å². The lowest BCUT2D eigenvalue weighted by Gasteiger charge is -2.22. The first-order chi connectivity index (χ1) is 9.54. The Morgan fingerprint density at radius 2 is 2.20 bits per heavy atom. The number of nitrogens with two attached hydrogens (primary N) is 1. The average Bonchev–Trinajstić information content (AvgIpc) is 3.28. The molecule has 0 spiro atoms. The minimum absolute atomic E-state index is 0.0734. The minimum atomic E-state index is -3.59. The van der Waals surface area contributed by atoms with E-state index in [9.17, 15) is 8.42 Å². The number of methoxy groups -OCH3 is 1. The van der Waals surface area contributed by atoms with E-state index in [1.807, 2.05) is 0 Å². The zero-order chi connectivity index (χ0) is 14.8. The van der Waals surface area contributed by atoms with Gasteiger partial charge in [-0.3, -0.25) is 0 Å². The lowest BCUT2D eigenvalue weighted by Crippen LogP contribution is -2.33. The van der Waals surface area contributed by atoms with Crippen LogP contribution in [0.3, 0.4) is 0 Å². The van der Waals surface area contributed by atoms with Crippen LogP contribution in [-0.4, -0.2) is 32.4 Å². The Morgan fingerprint density at radius 1 is 1.50 bits per heavy atom. The Balaban J connectivity index is 2.48. The van der Waals surface area contributed by atoms with Gasteiger partial charge in [0.15, 0.2) is 0 Å². The van der Waals surface area contributed by atoms with Gasteiger partial charge in [0.25, 0.3) is 0 Å². The largest absolute Gasteiger partial charge is 0.495 e. The fraction of sp³-hybridized carbons (Fsp3) is 0.429. The minimum Gasteiger partial charge on any atom is -0.495 e. The van der Waals surface area contributed by atoms with Gasteiger partial charge in [-0.2, -0.15) is 4.31 Å². The molecule has 20 heavy (non-hydrogen) atoms. The molecule has 0 heterocycles. The number of ether oxygens (including phenoxy) is 1. The Labute approximate surface area is 120 Å². The van der Waals surface area contributed by atoms with Crippen LogP contribution in [0.15, 0.2) is 35.7 Å². The quantitative estimate of drug-likeness (QED) is 0.774. The molecule has 0 amide bonds. The second-order valence-electron chi connectivity index (χ2n) is 4.78. The molecule has 2 rings (SSSR count). The third-order valence-electron chi connectivity index (χ3n) is 3.31. The molecule has 1 saturated carbocycles. The molecule has 110 valence electrons. The van der Waals surface area contributed by atoms with Gasteiger partial charge >= 0.3 is 0 Å². The smallest absolute Gasteiger partial charge is 0.247 e. The highest BCUT2D eigenvalue weighted by Gasteiger charge is 2.38. The topological polar surface area (TPSA) is 72.6 Å². The van der Waals surface area contributed by atoms with Crippen LogP contribution >= 0.6 is 0 Å². The summed E-state index contributed by atoms with van der Waals surface area (Å²) in [5.41, 5.74) is 6.36. The van der Waals surface area contributed by atoms with Crippen LogP contribution in [0.4, 0.5) is 0 Å². The van der Waals surface area contributed by atoms with Crippen molar-refractivity contribution >= 4 is 10.0 Å². The average molecular weight is 296 g/mol. The molecule has 0 bridgehead atoms. The first-order valence-electron chi connectivity index (χ1n) is 6.54. The normalized spacial score (nSPS) is 15.3. The summed E-state index contributed by atoms with van der Waals surface area (Å²) in [4.78, 5) is 0.178. The molecular formula is C14H20N2O3S. The van der Waals surface area contributed by atoms with Crippen molar-refractivity contribution in [3.63, 3.8) is 0 Å². The molecule has 5 nitrogen and oxygen atoms in total. The van der Waals surface area contributed by atoms with Crippen LogP contribution in [0.2, 0.25) is 0 Å². The van der Waals surface area contributed by atoms with E-state index in [0.717, 1.165) is 18.4 Å². The molecule has 1 aliphatic rings. The number of hydrogen-bond acceptors (Lipinski definition) is 4. The van der Waals surface area contributed by atoms with Gasteiger partial charge in [0, 0.05) is 19.1 Å². The van der Waals surface area contributed by atoms with Crippen LogP contribution < -0.4 is 10.5 Å². The SMILES string of the molecule is C=CCN(C1CC1)S(=O)(=O)c1cc(CN)ccc1OC. The van der Waals surface area contributed by atoms with Crippen molar-refractivity contribution in [2.45, 2.75) is 30.3 Å². The lowest BCUT2D eigenvalue weighted by atomic mass is 10.2. The van der Waals surface area contributed by atoms with Crippen molar-refractivity contribution in [2.75, 3.05) is 13.7 Å². The third-order valence-corrected chi connectivity index (χ3v) is 5.25. The highest BCUT2D eigenvalue weighted by atomic mass is 32.2. The van der Waals surface area contributed by atoms with E-state index < -0.39 is 10.0 Å². The van der Waals surface area contributed by atoms with Gasteiger partial charge < -0.3 is 10.5 Å². The standard InChI is InChI=1S/C14H20N2O3S/c1-3-8-16(12-5-6-12)20(17,18)14-9-11(10-15)4-7-13(14)19-2/h3-4,7,9,12H,1,5-6,8,10,15H2,2H3. The molecule has 1 aromatic carbocycles. The van der Waals surface area contributed by atoms with Crippen molar-refractivity contribution in [3.05, 3.63) is 36.4 Å². The van der Waals surface area contributed by atoms with Crippen molar-refractivity contribution < 1.29 is 13.2 Å². The molecule has 0 aromatic heterocycles. The zero-order valence-electron chi connectivity index (χ0n) is 11.6. The maximum atomic E-state index is 12.8. The van der Waals surface area contributed by atoms with Crippen LogP contribution in [0.25, 0.3) is 0 Å². The monoisotopic (exact) mass is 296 g/mol. The first-order valence-corrected chi connectivity index (χ1v) is 7.98. The van der Waals surface area contributed by atoms with Gasteiger partial charge in [0.1, 0.15) is 10.6 Å². The van der Waals surface area contributed by atoms with Crippen molar-refractivity contribution in [1.82, 2.24) is 4.31 Å². The number of rotatable bonds is 7. The fourth-order valence-corrected chi connectivity index (χ4v) is 3.97. The van der Waals surface area contributed by atoms with E-state index >= 15 is 0 Å². The first kappa shape index (κ1) is 15.0. The van der Waals surface area contributed by atoms with E-state index in [-0.39, 0.29) is 17.5 Å². The molecule has 1 fully saturated rings. The zero-order valence-corrected chi connectivity index (χ0v) is 12.4. The summed E-state index contributed by atoms with van der Waals surface area (Å²) in [5.74, 6) is 0.344. The van der Waals surface area contributed by atoms with Crippen LogP contribution in [0, 0.1) is 0 Å². The van der Waals surface area contributed by atoms with Gasteiger partial charge in [-0.15, -0.1) is 6.58 Å².